The Balaban J connectivity index is 2.82. The molecule has 56 valence electrons. The topological polar surface area (TPSA) is 49.7 Å². The van der Waals surface area contributed by atoms with Gasteiger partial charge in [-0.2, -0.15) is 4.39 Å². The van der Waals surface area contributed by atoms with Crippen molar-refractivity contribution in [3.63, 3.8) is 0 Å². The van der Waals surface area contributed by atoms with Gasteiger partial charge in [0.2, 0.25) is 5.30 Å². The normalized spacial score (nSPS) is 32.0. The van der Waals surface area contributed by atoms with Gasteiger partial charge < -0.3 is 5.11 Å². The molecular weight excluding hydrogens is 157 g/mol. The Kier molecular flexibility index (Phi) is 1.68. The van der Waals surface area contributed by atoms with Crippen molar-refractivity contribution in [1.82, 2.24) is 0 Å². The van der Waals surface area contributed by atoms with E-state index in [4.69, 9.17) is 5.11 Å². The maximum absolute atomic E-state index is 12.2. The van der Waals surface area contributed by atoms with Crippen LogP contribution in [0.2, 0.25) is 0 Å². The Bertz CT molecular complexity index is 206. The lowest BCUT2D eigenvalue weighted by molar-refractivity contribution is -0.141. The Hall–Kier alpha value is -0.580. The summed E-state index contributed by atoms with van der Waals surface area (Å²) in [5.41, 5.74) is -1.24. The molecular formula is C5H6FNO2S. The molecule has 0 aromatic rings. The van der Waals surface area contributed by atoms with Crippen LogP contribution in [-0.2, 0) is 4.79 Å². The molecule has 0 fully saturated rings. The van der Waals surface area contributed by atoms with Crippen molar-refractivity contribution in [2.24, 2.45) is 4.99 Å². The van der Waals surface area contributed by atoms with Crippen LogP contribution in [0.25, 0.3) is 0 Å². The van der Waals surface area contributed by atoms with Gasteiger partial charge in [-0.05, 0) is 6.92 Å². The first-order valence-electron chi connectivity index (χ1n) is 2.66. The van der Waals surface area contributed by atoms with E-state index in [2.05, 4.69) is 4.99 Å². The summed E-state index contributed by atoms with van der Waals surface area (Å²) in [5, 5.41) is 7.87. The highest BCUT2D eigenvalue weighted by atomic mass is 32.2. The van der Waals surface area contributed by atoms with Crippen LogP contribution >= 0.6 is 11.8 Å². The Morgan fingerprint density at radius 3 is 2.80 bits per heavy atom. The average molecular weight is 163 g/mol. The molecule has 1 aliphatic rings. The quantitative estimate of drug-likeness (QED) is 0.624. The number of halogens is 1. The van der Waals surface area contributed by atoms with Crippen LogP contribution in [-0.4, -0.2) is 27.7 Å². The molecule has 1 aliphatic heterocycles. The zero-order valence-corrected chi connectivity index (χ0v) is 6.11. The standard InChI is InChI=1S/C5H6FNO2S/c1-5(3(8)9)2-10-4(6)7-5/h2H2,1H3,(H,8,9). The Morgan fingerprint density at radius 1 is 2.00 bits per heavy atom. The van der Waals surface area contributed by atoms with E-state index in [1.807, 2.05) is 0 Å². The molecule has 0 radical (unpaired) electrons. The van der Waals surface area contributed by atoms with Crippen molar-refractivity contribution in [3.8, 4) is 0 Å². The van der Waals surface area contributed by atoms with Crippen LogP contribution in [0.1, 0.15) is 6.92 Å². The van der Waals surface area contributed by atoms with Gasteiger partial charge in [0.25, 0.3) is 0 Å². The third-order valence-corrected chi connectivity index (χ3v) is 2.30. The van der Waals surface area contributed by atoms with Crippen molar-refractivity contribution >= 4 is 23.0 Å². The molecule has 0 aromatic heterocycles. The number of hydrogen-bond acceptors (Lipinski definition) is 3. The summed E-state index contributed by atoms with van der Waals surface area (Å²) in [6.07, 6.45) is 0. The fraction of sp³-hybridized carbons (Fsp3) is 0.600. The van der Waals surface area contributed by atoms with Gasteiger partial charge in [0.1, 0.15) is 0 Å². The second-order valence-corrected chi connectivity index (χ2v) is 3.15. The fourth-order valence-electron chi connectivity index (χ4n) is 0.568. The molecule has 1 N–H and O–H groups in total. The highest BCUT2D eigenvalue weighted by Crippen LogP contribution is 2.28. The molecule has 0 aliphatic carbocycles. The highest BCUT2D eigenvalue weighted by Gasteiger charge is 2.38. The van der Waals surface area contributed by atoms with Crippen molar-refractivity contribution in [2.45, 2.75) is 12.5 Å². The summed E-state index contributed by atoms with van der Waals surface area (Å²) in [7, 11) is 0. The largest absolute Gasteiger partial charge is 0.479 e. The number of nitrogens with zero attached hydrogens (tertiary/aromatic N) is 1. The minimum atomic E-state index is -1.24. The minimum Gasteiger partial charge on any atom is -0.479 e. The third-order valence-electron chi connectivity index (χ3n) is 1.27. The van der Waals surface area contributed by atoms with Crippen LogP contribution in [0.4, 0.5) is 4.39 Å². The van der Waals surface area contributed by atoms with E-state index in [1.165, 1.54) is 6.92 Å². The molecule has 1 atom stereocenters. The fourth-order valence-corrected chi connectivity index (χ4v) is 1.42. The molecule has 0 amide bonds. The van der Waals surface area contributed by atoms with Gasteiger partial charge in [0.05, 0.1) is 0 Å². The van der Waals surface area contributed by atoms with Crippen LogP contribution in [0.3, 0.4) is 0 Å². The van der Waals surface area contributed by atoms with E-state index in [0.717, 1.165) is 11.8 Å². The minimum absolute atomic E-state index is 0.189. The second-order valence-electron chi connectivity index (χ2n) is 2.23. The molecule has 5 heteroatoms. The van der Waals surface area contributed by atoms with E-state index in [9.17, 15) is 9.18 Å². The van der Waals surface area contributed by atoms with Gasteiger partial charge in [-0.3, -0.25) is 0 Å². The lowest BCUT2D eigenvalue weighted by atomic mass is 10.1. The molecule has 1 rings (SSSR count). The summed E-state index contributed by atoms with van der Waals surface area (Å²) >= 11 is 0.835. The van der Waals surface area contributed by atoms with Crippen LogP contribution in [0, 0.1) is 0 Å². The zero-order valence-electron chi connectivity index (χ0n) is 5.30. The van der Waals surface area contributed by atoms with Crippen LogP contribution in [0.15, 0.2) is 4.99 Å². The lowest BCUT2D eigenvalue weighted by Gasteiger charge is -2.10. The van der Waals surface area contributed by atoms with E-state index in [-0.39, 0.29) is 5.75 Å². The molecule has 1 unspecified atom stereocenters. The van der Waals surface area contributed by atoms with Crippen LogP contribution in [0.5, 0.6) is 0 Å². The first-order chi connectivity index (χ1) is 4.54. The summed E-state index contributed by atoms with van der Waals surface area (Å²) in [6.45, 7) is 1.40. The summed E-state index contributed by atoms with van der Waals surface area (Å²) < 4.78 is 12.2. The van der Waals surface area contributed by atoms with Crippen molar-refractivity contribution < 1.29 is 14.3 Å². The number of aliphatic carboxylic acids is 1. The number of thioether (sulfide) groups is 1. The molecule has 3 nitrogen and oxygen atoms in total. The Morgan fingerprint density at radius 2 is 2.60 bits per heavy atom. The first-order valence-corrected chi connectivity index (χ1v) is 3.65. The molecule has 1 heterocycles. The maximum atomic E-state index is 12.2. The van der Waals surface area contributed by atoms with Crippen LogP contribution < -0.4 is 0 Å². The van der Waals surface area contributed by atoms with E-state index >= 15 is 0 Å². The summed E-state index contributed by atoms with van der Waals surface area (Å²) in [4.78, 5) is 13.7. The van der Waals surface area contributed by atoms with E-state index in [0.29, 0.717) is 0 Å². The first kappa shape index (κ1) is 7.53. The van der Waals surface area contributed by atoms with Gasteiger partial charge in [-0.1, -0.05) is 11.8 Å². The number of aliphatic imine (C=N–C) groups is 1. The zero-order chi connectivity index (χ0) is 7.78. The number of hydrogen-bond donors (Lipinski definition) is 1. The third kappa shape index (κ3) is 1.13. The molecule has 0 saturated heterocycles. The lowest BCUT2D eigenvalue weighted by Crippen LogP contribution is -2.33. The number of carbonyl (C=O) groups is 1. The van der Waals surface area contributed by atoms with Gasteiger partial charge in [-0.15, -0.1) is 0 Å². The molecule has 0 aromatic carbocycles. The highest BCUT2D eigenvalue weighted by molar-refractivity contribution is 8.13. The van der Waals surface area contributed by atoms with Gasteiger partial charge in [0.15, 0.2) is 5.54 Å². The van der Waals surface area contributed by atoms with Gasteiger partial charge in [0, 0.05) is 5.75 Å². The molecule has 0 saturated carbocycles. The maximum Gasteiger partial charge on any atom is 0.332 e. The number of rotatable bonds is 1. The monoisotopic (exact) mass is 163 g/mol. The van der Waals surface area contributed by atoms with Crippen molar-refractivity contribution in [3.05, 3.63) is 0 Å². The second kappa shape index (κ2) is 2.23. The molecule has 0 spiro atoms. The Labute approximate surface area is 61.3 Å². The van der Waals surface area contributed by atoms with Crippen molar-refractivity contribution in [1.29, 1.82) is 0 Å². The molecule has 0 bridgehead atoms. The van der Waals surface area contributed by atoms with E-state index < -0.39 is 16.8 Å². The van der Waals surface area contributed by atoms with Crippen molar-refractivity contribution in [2.75, 3.05) is 5.75 Å². The smallest absolute Gasteiger partial charge is 0.332 e. The van der Waals surface area contributed by atoms with E-state index in [1.54, 1.807) is 0 Å². The summed E-state index contributed by atoms with van der Waals surface area (Å²) in [6, 6.07) is 0. The van der Waals surface area contributed by atoms with Gasteiger partial charge in [-0.25, -0.2) is 9.79 Å². The average Bonchev–Trinajstić information content (AvgIpc) is 2.13. The predicted molar refractivity (Wildman–Crippen MR) is 37.0 cm³/mol. The predicted octanol–water partition coefficient (Wildman–Crippen LogP) is 0.902. The summed E-state index contributed by atoms with van der Waals surface area (Å²) in [5.74, 6) is -0.888. The SMILES string of the molecule is CC1(C(=O)O)CSC(F)=N1. The number of carboxylic acids is 1. The van der Waals surface area contributed by atoms with Gasteiger partial charge >= 0.3 is 5.97 Å². The number of carboxylic acid groups (broad SMARTS) is 1. The molecule has 10 heavy (non-hydrogen) atoms.